The van der Waals surface area contributed by atoms with E-state index in [2.05, 4.69) is 20.1 Å². The molecule has 2 heterocycles. The molecule has 1 aliphatic heterocycles. The summed E-state index contributed by atoms with van der Waals surface area (Å²) in [7, 11) is 0. The Morgan fingerprint density at radius 3 is 2.72 bits per heavy atom. The highest BCUT2D eigenvalue weighted by molar-refractivity contribution is 6.35. The number of fused-ring (bicyclic) bond motifs is 1. The molecule has 0 spiro atoms. The van der Waals surface area contributed by atoms with Crippen LogP contribution in [0.2, 0.25) is 10.0 Å². The summed E-state index contributed by atoms with van der Waals surface area (Å²) in [5, 5.41) is 15.4. The monoisotopic (exact) mass is 530 g/mol. The maximum absolute atomic E-state index is 13.9. The van der Waals surface area contributed by atoms with Crippen LogP contribution in [0.5, 0.6) is 0 Å². The second-order valence-electron chi connectivity index (χ2n) is 8.91. The molecule has 2 N–H and O–H groups in total. The molecule has 0 bridgehead atoms. The average Bonchev–Trinajstić information content (AvgIpc) is 3.38. The van der Waals surface area contributed by atoms with Crippen LogP contribution in [0.25, 0.3) is 0 Å². The highest BCUT2D eigenvalue weighted by Gasteiger charge is 2.49. The highest BCUT2D eigenvalue weighted by Crippen LogP contribution is 2.47. The normalized spacial score (nSPS) is 23.9. The Morgan fingerprint density at radius 2 is 1.97 bits per heavy atom. The van der Waals surface area contributed by atoms with Crippen molar-refractivity contribution in [3.8, 4) is 0 Å². The molecule has 5 rings (SSSR count). The SMILES string of the molecule is O=C(NOCc1ncon1)[C@@H]1c2ccccc2C(=O)N([C@H]2CCCC[C@@H]2O)[C@H]1c1ccc(Cl)cc1Cl. The van der Waals surface area contributed by atoms with Crippen LogP contribution in [0.4, 0.5) is 0 Å². The van der Waals surface area contributed by atoms with Crippen molar-refractivity contribution >= 4 is 35.0 Å². The van der Waals surface area contributed by atoms with Gasteiger partial charge < -0.3 is 14.5 Å². The van der Waals surface area contributed by atoms with Gasteiger partial charge in [0.05, 0.1) is 24.1 Å². The number of carbonyl (C=O) groups excluding carboxylic acids is 2. The van der Waals surface area contributed by atoms with Crippen LogP contribution in [-0.2, 0) is 16.2 Å². The lowest BCUT2D eigenvalue weighted by Crippen LogP contribution is -2.55. The Morgan fingerprint density at radius 1 is 1.17 bits per heavy atom. The molecule has 4 atom stereocenters. The Bertz CT molecular complexity index is 1260. The van der Waals surface area contributed by atoms with Crippen LogP contribution in [-0.4, -0.2) is 44.1 Å². The van der Waals surface area contributed by atoms with Crippen LogP contribution < -0.4 is 5.48 Å². The summed E-state index contributed by atoms with van der Waals surface area (Å²) < 4.78 is 4.69. The van der Waals surface area contributed by atoms with E-state index >= 15 is 0 Å². The smallest absolute Gasteiger partial charge is 0.255 e. The highest BCUT2D eigenvalue weighted by atomic mass is 35.5. The van der Waals surface area contributed by atoms with E-state index < -0.39 is 30.0 Å². The number of aromatic nitrogens is 2. The van der Waals surface area contributed by atoms with Crippen molar-refractivity contribution in [1.82, 2.24) is 20.5 Å². The Kier molecular flexibility index (Phi) is 7.25. The minimum absolute atomic E-state index is 0.104. The van der Waals surface area contributed by atoms with Crippen molar-refractivity contribution in [2.24, 2.45) is 0 Å². The fraction of sp³-hybridized carbons (Fsp3) is 0.360. The summed E-state index contributed by atoms with van der Waals surface area (Å²) in [5.41, 5.74) is 3.98. The molecule has 2 aromatic carbocycles. The van der Waals surface area contributed by atoms with Crippen molar-refractivity contribution in [3.05, 3.63) is 81.4 Å². The van der Waals surface area contributed by atoms with Crippen LogP contribution in [0.3, 0.4) is 0 Å². The Balaban J connectivity index is 1.59. The summed E-state index contributed by atoms with van der Waals surface area (Å²) in [4.78, 5) is 38.5. The topological polar surface area (TPSA) is 118 Å². The second-order valence-corrected chi connectivity index (χ2v) is 9.75. The van der Waals surface area contributed by atoms with Gasteiger partial charge in [0.25, 0.3) is 11.8 Å². The number of hydrogen-bond donors (Lipinski definition) is 2. The first-order chi connectivity index (χ1) is 17.5. The molecule has 36 heavy (non-hydrogen) atoms. The van der Waals surface area contributed by atoms with E-state index in [0.29, 0.717) is 39.6 Å². The number of carbonyl (C=O) groups is 2. The largest absolute Gasteiger partial charge is 0.391 e. The third-order valence-electron chi connectivity index (χ3n) is 6.77. The summed E-state index contributed by atoms with van der Waals surface area (Å²) in [6.07, 6.45) is 3.35. The van der Waals surface area contributed by atoms with Gasteiger partial charge in [-0.15, -0.1) is 0 Å². The number of amides is 2. The number of hydrogen-bond acceptors (Lipinski definition) is 7. The van der Waals surface area contributed by atoms with E-state index in [-0.39, 0.29) is 18.3 Å². The van der Waals surface area contributed by atoms with Crippen molar-refractivity contribution in [2.75, 3.05) is 0 Å². The van der Waals surface area contributed by atoms with Crippen molar-refractivity contribution < 1.29 is 24.1 Å². The first-order valence-electron chi connectivity index (χ1n) is 11.7. The summed E-state index contributed by atoms with van der Waals surface area (Å²) in [6, 6.07) is 10.7. The van der Waals surface area contributed by atoms with E-state index in [9.17, 15) is 14.7 Å². The molecule has 1 fully saturated rings. The third-order valence-corrected chi connectivity index (χ3v) is 7.33. The van der Waals surface area contributed by atoms with Crippen molar-refractivity contribution in [1.29, 1.82) is 0 Å². The predicted molar refractivity (Wildman–Crippen MR) is 130 cm³/mol. The van der Waals surface area contributed by atoms with Gasteiger partial charge in [-0.2, -0.15) is 4.98 Å². The first kappa shape index (κ1) is 24.7. The third kappa shape index (κ3) is 4.71. The zero-order valence-electron chi connectivity index (χ0n) is 19.1. The molecule has 3 aromatic rings. The minimum atomic E-state index is -0.878. The molecule has 2 aliphatic rings. The second kappa shape index (κ2) is 10.6. The van der Waals surface area contributed by atoms with Gasteiger partial charge in [-0.05, 0) is 42.2 Å². The molecule has 9 nitrogen and oxygen atoms in total. The zero-order chi connectivity index (χ0) is 25.2. The summed E-state index contributed by atoms with van der Waals surface area (Å²) >= 11 is 12.8. The van der Waals surface area contributed by atoms with Gasteiger partial charge in [-0.25, -0.2) is 5.48 Å². The molecule has 1 aromatic heterocycles. The number of aliphatic hydroxyl groups excluding tert-OH is 1. The van der Waals surface area contributed by atoms with E-state index in [1.165, 1.54) is 0 Å². The molecular formula is C25H24Cl2N4O5. The molecule has 2 amide bonds. The molecule has 0 unspecified atom stereocenters. The molecular weight excluding hydrogens is 507 g/mol. The molecule has 188 valence electrons. The molecule has 1 aliphatic carbocycles. The van der Waals surface area contributed by atoms with Gasteiger partial charge in [-0.1, -0.05) is 65.5 Å². The molecule has 0 saturated heterocycles. The van der Waals surface area contributed by atoms with E-state index in [1.54, 1.807) is 47.4 Å². The molecule has 11 heteroatoms. The summed E-state index contributed by atoms with van der Waals surface area (Å²) in [6.45, 7) is -0.104. The average molecular weight is 531 g/mol. The fourth-order valence-corrected chi connectivity index (χ4v) is 5.70. The van der Waals surface area contributed by atoms with Crippen molar-refractivity contribution in [3.63, 3.8) is 0 Å². The Hall–Kier alpha value is -2.98. The Labute approximate surface area is 217 Å². The van der Waals surface area contributed by atoms with Gasteiger partial charge in [0.2, 0.25) is 6.39 Å². The number of aliphatic hydroxyl groups is 1. The number of halogens is 2. The van der Waals surface area contributed by atoms with Gasteiger partial charge in [0.1, 0.15) is 6.61 Å². The van der Waals surface area contributed by atoms with E-state index in [4.69, 9.17) is 28.0 Å². The predicted octanol–water partition coefficient (Wildman–Crippen LogP) is 4.21. The van der Waals surface area contributed by atoms with Crippen LogP contribution in [0.1, 0.15) is 65.0 Å². The number of rotatable bonds is 6. The van der Waals surface area contributed by atoms with E-state index in [1.807, 2.05) is 0 Å². The zero-order valence-corrected chi connectivity index (χ0v) is 20.7. The lowest BCUT2D eigenvalue weighted by Gasteiger charge is -2.48. The van der Waals surface area contributed by atoms with Gasteiger partial charge >= 0.3 is 0 Å². The van der Waals surface area contributed by atoms with Crippen LogP contribution in [0, 0.1) is 0 Å². The van der Waals surface area contributed by atoms with Gasteiger partial charge in [0.15, 0.2) is 5.82 Å². The lowest BCUT2D eigenvalue weighted by atomic mass is 9.77. The van der Waals surface area contributed by atoms with Gasteiger partial charge in [0, 0.05) is 15.6 Å². The number of benzene rings is 2. The van der Waals surface area contributed by atoms with Gasteiger partial charge in [-0.3, -0.25) is 14.4 Å². The van der Waals surface area contributed by atoms with Crippen molar-refractivity contribution in [2.45, 2.75) is 56.4 Å². The van der Waals surface area contributed by atoms with Crippen LogP contribution in [0.15, 0.2) is 53.4 Å². The number of nitrogens with zero attached hydrogens (tertiary/aromatic N) is 3. The van der Waals surface area contributed by atoms with Crippen LogP contribution >= 0.6 is 23.2 Å². The van der Waals surface area contributed by atoms with E-state index in [0.717, 1.165) is 19.2 Å². The standard InChI is InChI=1S/C25H24Cl2N4O5/c26-14-9-10-17(18(27)11-14)23-22(24(33)30-35-12-21-28-13-36-29-21)15-5-1-2-6-16(15)25(34)31(23)19-7-3-4-8-20(19)32/h1-2,5-6,9-11,13,19-20,22-23,32H,3-4,7-8,12H2,(H,30,33)/t19-,20-,22+,23-/m0/s1. The molecule has 0 radical (unpaired) electrons. The fourth-order valence-electron chi connectivity index (χ4n) is 5.18. The number of hydroxylamine groups is 1. The summed E-state index contributed by atoms with van der Waals surface area (Å²) in [5.74, 6) is -1.36. The number of nitrogens with one attached hydrogen (secondary N) is 1. The maximum Gasteiger partial charge on any atom is 0.255 e. The minimum Gasteiger partial charge on any atom is -0.391 e. The first-order valence-corrected chi connectivity index (χ1v) is 12.4. The molecule has 1 saturated carbocycles. The quantitative estimate of drug-likeness (QED) is 0.458. The lowest BCUT2D eigenvalue weighted by molar-refractivity contribution is -0.138. The maximum atomic E-state index is 13.9.